The number of hydrogen-bond donors (Lipinski definition) is 0. The lowest BCUT2D eigenvalue weighted by Crippen LogP contribution is -2.44. The Hall–Kier alpha value is -5.18. The van der Waals surface area contributed by atoms with Crippen LogP contribution in [0.5, 0.6) is 0 Å². The monoisotopic (exact) mass is 740 g/mol. The highest BCUT2D eigenvalue weighted by Crippen LogP contribution is 2.51. The van der Waals surface area contributed by atoms with Crippen LogP contribution in [0.3, 0.4) is 0 Å². The van der Waals surface area contributed by atoms with E-state index < -0.39 is 46.5 Å². The summed E-state index contributed by atoms with van der Waals surface area (Å²) in [7, 11) is 5.15. The van der Waals surface area contributed by atoms with Gasteiger partial charge >= 0.3 is 23.9 Å². The van der Waals surface area contributed by atoms with Crippen LogP contribution >= 0.6 is 23.2 Å². The Morgan fingerprint density at radius 2 is 0.827 bits per heavy atom. The number of allylic oxidation sites excluding steroid dienone is 2. The molecule has 0 bridgehead atoms. The highest BCUT2D eigenvalue weighted by Gasteiger charge is 2.59. The molecular formula is C42H38Cl2O8. The van der Waals surface area contributed by atoms with Gasteiger partial charge in [-0.2, -0.15) is 0 Å². The molecular weight excluding hydrogens is 703 g/mol. The maximum atomic E-state index is 12.7. The summed E-state index contributed by atoms with van der Waals surface area (Å²) >= 11 is 11.9. The van der Waals surface area contributed by atoms with Crippen LogP contribution in [-0.4, -0.2) is 52.3 Å². The number of esters is 4. The first-order chi connectivity index (χ1) is 25.0. The summed E-state index contributed by atoms with van der Waals surface area (Å²) in [5.74, 6) is -3.32. The van der Waals surface area contributed by atoms with E-state index in [9.17, 15) is 19.2 Å². The minimum atomic E-state index is -1.42. The molecule has 0 heterocycles. The number of halogens is 2. The molecule has 10 heteroatoms. The van der Waals surface area contributed by atoms with E-state index in [1.165, 1.54) is 28.4 Å². The predicted molar refractivity (Wildman–Crippen MR) is 200 cm³/mol. The Labute approximate surface area is 312 Å². The van der Waals surface area contributed by atoms with Gasteiger partial charge in [-0.05, 0) is 57.6 Å². The van der Waals surface area contributed by atoms with E-state index in [0.29, 0.717) is 10.0 Å². The third-order valence-corrected chi connectivity index (χ3v) is 10.2. The number of methoxy groups -OCH3 is 4. The molecule has 268 valence electrons. The van der Waals surface area contributed by atoms with Gasteiger partial charge in [-0.15, -0.1) is 0 Å². The van der Waals surface area contributed by atoms with Crippen LogP contribution in [0.25, 0.3) is 12.2 Å². The normalized spacial score (nSPS) is 17.7. The van der Waals surface area contributed by atoms with Crippen molar-refractivity contribution in [2.45, 2.75) is 24.7 Å². The summed E-state index contributed by atoms with van der Waals surface area (Å²) in [6, 6.07) is 29.9. The fourth-order valence-corrected chi connectivity index (χ4v) is 7.39. The van der Waals surface area contributed by atoms with Crippen LogP contribution in [0, 0.1) is 10.8 Å². The number of ether oxygens (including phenoxy) is 4. The highest BCUT2D eigenvalue weighted by molar-refractivity contribution is 6.30. The molecule has 4 aromatic carbocycles. The number of hydrogen-bond acceptors (Lipinski definition) is 8. The number of fused-ring (bicyclic) bond motifs is 2. The lowest BCUT2D eigenvalue weighted by atomic mass is 9.75. The minimum Gasteiger partial charge on any atom is -0.468 e. The van der Waals surface area contributed by atoms with Crippen molar-refractivity contribution >= 4 is 59.2 Å². The van der Waals surface area contributed by atoms with Crippen molar-refractivity contribution in [2.24, 2.45) is 10.8 Å². The van der Waals surface area contributed by atoms with Gasteiger partial charge in [0.2, 0.25) is 0 Å². The molecule has 6 rings (SSSR count). The number of rotatable bonds is 8. The van der Waals surface area contributed by atoms with Gasteiger partial charge in [0.25, 0.3) is 0 Å². The van der Waals surface area contributed by atoms with Crippen LogP contribution in [-0.2, 0) is 51.0 Å². The first-order valence-electron chi connectivity index (χ1n) is 16.4. The summed E-state index contributed by atoms with van der Waals surface area (Å²) in [4.78, 5) is 50.8. The van der Waals surface area contributed by atoms with Crippen molar-refractivity contribution in [1.82, 2.24) is 0 Å². The molecule has 52 heavy (non-hydrogen) atoms. The molecule has 4 aromatic rings. The summed E-state index contributed by atoms with van der Waals surface area (Å²) in [6.45, 7) is 0. The second-order valence-electron chi connectivity index (χ2n) is 12.4. The molecule has 0 aliphatic heterocycles. The molecule has 2 atom stereocenters. The van der Waals surface area contributed by atoms with E-state index in [0.717, 1.165) is 33.4 Å². The third kappa shape index (κ3) is 7.27. The summed E-state index contributed by atoms with van der Waals surface area (Å²) in [5.41, 5.74) is 2.72. The zero-order valence-electron chi connectivity index (χ0n) is 29.1. The number of carbonyl (C=O) groups is 4. The number of benzene rings is 4. The van der Waals surface area contributed by atoms with Gasteiger partial charge in [0.05, 0.1) is 28.4 Å². The molecule has 0 N–H and O–H groups in total. The molecule has 0 saturated carbocycles. The Kier molecular flexibility index (Phi) is 12.0. The zero-order valence-corrected chi connectivity index (χ0v) is 30.6. The Morgan fingerprint density at radius 3 is 1.13 bits per heavy atom. The maximum absolute atomic E-state index is 12.7. The van der Waals surface area contributed by atoms with Crippen LogP contribution < -0.4 is 0 Å². The van der Waals surface area contributed by atoms with E-state index in [1.807, 2.05) is 97.1 Å². The van der Waals surface area contributed by atoms with E-state index in [4.69, 9.17) is 42.1 Å². The average molecular weight is 742 g/mol. The van der Waals surface area contributed by atoms with Crippen molar-refractivity contribution in [3.8, 4) is 0 Å². The minimum absolute atomic E-state index is 0.248. The largest absolute Gasteiger partial charge is 0.468 e. The summed E-state index contributed by atoms with van der Waals surface area (Å²) in [5, 5.41) is 1.29. The fourth-order valence-electron chi connectivity index (χ4n) is 7.14. The molecule has 2 aliphatic carbocycles. The van der Waals surface area contributed by atoms with Crippen molar-refractivity contribution in [3.63, 3.8) is 0 Å². The van der Waals surface area contributed by atoms with Crippen LogP contribution in [0.4, 0.5) is 0 Å². The van der Waals surface area contributed by atoms with E-state index in [-0.39, 0.29) is 12.8 Å². The topological polar surface area (TPSA) is 105 Å². The first kappa shape index (κ1) is 38.1. The highest BCUT2D eigenvalue weighted by atomic mass is 35.5. The lowest BCUT2D eigenvalue weighted by molar-refractivity contribution is -0.171. The SMILES string of the molecule is COC(=O)C1(C(=O)OC)Cc2ccccc2[C@H]1/C=C/c1ccc(Cl)cc1.COC(=O)C1(C(=O)OC)Cc2ccccc2[C@H]1/C=C/c1ccc(Cl)cc1. The standard InChI is InChI=1S/2C21H19ClO4/c2*1-25-19(23)21(20(24)26-2)13-15-5-3-4-6-17(15)18(21)12-9-14-7-10-16(22)11-8-14/h2*3-12,18H,13H2,1-2H3/b2*12-9+/t2*18-/m11/s1. The van der Waals surface area contributed by atoms with Crippen LogP contribution in [0.15, 0.2) is 109 Å². The van der Waals surface area contributed by atoms with Gasteiger partial charge < -0.3 is 18.9 Å². The molecule has 0 amide bonds. The molecule has 0 spiro atoms. The van der Waals surface area contributed by atoms with Crippen LogP contribution in [0.2, 0.25) is 10.0 Å². The molecule has 8 nitrogen and oxygen atoms in total. The van der Waals surface area contributed by atoms with E-state index >= 15 is 0 Å². The van der Waals surface area contributed by atoms with Gasteiger partial charge in [0, 0.05) is 34.7 Å². The molecule has 0 aromatic heterocycles. The van der Waals surface area contributed by atoms with Crippen molar-refractivity contribution < 1.29 is 38.1 Å². The third-order valence-electron chi connectivity index (χ3n) is 9.68. The summed E-state index contributed by atoms with van der Waals surface area (Å²) in [6.07, 6.45) is 7.98. The maximum Gasteiger partial charge on any atom is 0.324 e. The van der Waals surface area contributed by atoms with Crippen LogP contribution in [0.1, 0.15) is 45.2 Å². The second-order valence-corrected chi connectivity index (χ2v) is 13.3. The second kappa shape index (κ2) is 16.4. The van der Waals surface area contributed by atoms with Gasteiger partial charge in [0.15, 0.2) is 10.8 Å². The molecule has 2 aliphatic rings. The van der Waals surface area contributed by atoms with Crippen molar-refractivity contribution in [2.75, 3.05) is 28.4 Å². The van der Waals surface area contributed by atoms with Gasteiger partial charge in [0.1, 0.15) is 0 Å². The molecule has 0 saturated heterocycles. The zero-order chi connectivity index (χ0) is 37.5. The number of carbonyl (C=O) groups excluding carboxylic acids is 4. The van der Waals surface area contributed by atoms with Gasteiger partial charge in [-0.1, -0.05) is 120 Å². The quantitative estimate of drug-likeness (QED) is 0.102. The smallest absolute Gasteiger partial charge is 0.324 e. The first-order valence-corrected chi connectivity index (χ1v) is 17.2. The average Bonchev–Trinajstić information content (AvgIpc) is 3.70. The van der Waals surface area contributed by atoms with Crippen molar-refractivity contribution in [3.05, 3.63) is 153 Å². The fraction of sp³-hybridized carbons (Fsp3) is 0.238. The lowest BCUT2D eigenvalue weighted by Gasteiger charge is -2.28. The molecule has 0 unspecified atom stereocenters. The Balaban J connectivity index is 0.000000201. The van der Waals surface area contributed by atoms with Gasteiger partial charge in [-0.25, -0.2) is 0 Å². The molecule has 0 radical (unpaired) electrons. The van der Waals surface area contributed by atoms with Gasteiger partial charge in [-0.3, -0.25) is 19.2 Å². The predicted octanol–water partition coefficient (Wildman–Crippen LogP) is 8.05. The van der Waals surface area contributed by atoms with E-state index in [2.05, 4.69) is 0 Å². The van der Waals surface area contributed by atoms with E-state index in [1.54, 1.807) is 24.3 Å². The summed E-state index contributed by atoms with van der Waals surface area (Å²) < 4.78 is 20.0. The van der Waals surface area contributed by atoms with Crippen molar-refractivity contribution in [1.29, 1.82) is 0 Å². The molecule has 0 fully saturated rings. The Morgan fingerprint density at radius 1 is 0.519 bits per heavy atom. The Bertz CT molecular complexity index is 1820.